The van der Waals surface area contributed by atoms with Crippen LogP contribution in [0.2, 0.25) is 0 Å². The average Bonchev–Trinajstić information content (AvgIpc) is 3.03. The second-order valence-electron chi connectivity index (χ2n) is 5.22. The second kappa shape index (κ2) is 6.46. The third-order valence-corrected chi connectivity index (χ3v) is 3.57. The summed E-state index contributed by atoms with van der Waals surface area (Å²) in [6.07, 6.45) is -3.02. The van der Waals surface area contributed by atoms with E-state index in [0.717, 1.165) is 12.1 Å². The number of rotatable bonds is 3. The summed E-state index contributed by atoms with van der Waals surface area (Å²) in [5, 5.41) is 10.4. The summed E-state index contributed by atoms with van der Waals surface area (Å²) in [7, 11) is 1.57. The number of aromatic amines is 1. The topological polar surface area (TPSA) is 53.9 Å². The molecule has 0 aliphatic heterocycles. The largest absolute Gasteiger partial charge is 0.416 e. The van der Waals surface area contributed by atoms with Gasteiger partial charge in [0.05, 0.1) is 11.8 Å². The van der Waals surface area contributed by atoms with E-state index in [-0.39, 0.29) is 11.1 Å². The van der Waals surface area contributed by atoms with Crippen LogP contribution in [0.3, 0.4) is 0 Å². The number of hydrogen-bond acceptors (Lipinski definition) is 3. The van der Waals surface area contributed by atoms with Crippen molar-refractivity contribution in [3.05, 3.63) is 59.5 Å². The third-order valence-electron chi connectivity index (χ3n) is 3.57. The SMILES string of the molecule is CN=Cc1n[nH]nc1-c1ccc(F)c(-c2cccc(C(F)(F)F)c2)c1. The first-order valence-electron chi connectivity index (χ1n) is 7.20. The number of H-pyrrole nitrogens is 1. The van der Waals surface area contributed by atoms with Gasteiger partial charge in [-0.15, -0.1) is 0 Å². The second-order valence-corrected chi connectivity index (χ2v) is 5.22. The van der Waals surface area contributed by atoms with Crippen LogP contribution in [0.1, 0.15) is 11.3 Å². The van der Waals surface area contributed by atoms with Gasteiger partial charge in [0.2, 0.25) is 0 Å². The van der Waals surface area contributed by atoms with Crippen LogP contribution in [-0.4, -0.2) is 28.7 Å². The van der Waals surface area contributed by atoms with Crippen molar-refractivity contribution in [1.82, 2.24) is 15.4 Å². The van der Waals surface area contributed by atoms with Gasteiger partial charge in [-0.2, -0.15) is 28.6 Å². The molecule has 0 radical (unpaired) electrons. The van der Waals surface area contributed by atoms with Crippen molar-refractivity contribution in [2.24, 2.45) is 4.99 Å². The highest BCUT2D eigenvalue weighted by Gasteiger charge is 2.30. The highest BCUT2D eigenvalue weighted by molar-refractivity contribution is 5.87. The maximum absolute atomic E-state index is 14.2. The first kappa shape index (κ1) is 16.8. The molecular formula is C17H12F4N4. The summed E-state index contributed by atoms with van der Waals surface area (Å²) in [6, 6.07) is 8.64. The molecule has 3 rings (SSSR count). The van der Waals surface area contributed by atoms with Crippen LogP contribution in [0.4, 0.5) is 17.6 Å². The molecule has 0 unspecified atom stereocenters. The van der Waals surface area contributed by atoms with Crippen molar-refractivity contribution in [3.63, 3.8) is 0 Å². The quantitative estimate of drug-likeness (QED) is 0.565. The molecule has 25 heavy (non-hydrogen) atoms. The summed E-state index contributed by atoms with van der Waals surface area (Å²) in [5.74, 6) is -0.628. The van der Waals surface area contributed by atoms with E-state index in [1.165, 1.54) is 36.5 Å². The van der Waals surface area contributed by atoms with Gasteiger partial charge in [-0.25, -0.2) is 4.39 Å². The van der Waals surface area contributed by atoms with Crippen LogP contribution in [0.25, 0.3) is 22.4 Å². The van der Waals surface area contributed by atoms with Crippen LogP contribution in [0.5, 0.6) is 0 Å². The lowest BCUT2D eigenvalue weighted by molar-refractivity contribution is -0.137. The van der Waals surface area contributed by atoms with Crippen molar-refractivity contribution < 1.29 is 17.6 Å². The number of nitrogens with zero attached hydrogens (tertiary/aromatic N) is 3. The van der Waals surface area contributed by atoms with Gasteiger partial charge < -0.3 is 0 Å². The number of alkyl halides is 3. The molecule has 0 fully saturated rings. The fraction of sp³-hybridized carbons (Fsp3) is 0.118. The Morgan fingerprint density at radius 1 is 1.04 bits per heavy atom. The Hall–Kier alpha value is -3.03. The van der Waals surface area contributed by atoms with Crippen molar-refractivity contribution >= 4 is 6.21 Å². The van der Waals surface area contributed by atoms with Crippen molar-refractivity contribution in [3.8, 4) is 22.4 Å². The number of hydrogen-bond donors (Lipinski definition) is 1. The normalized spacial score (nSPS) is 12.0. The van der Waals surface area contributed by atoms with Crippen LogP contribution in [0.15, 0.2) is 47.5 Å². The number of nitrogens with one attached hydrogen (secondary N) is 1. The molecule has 1 heterocycles. The molecule has 0 aliphatic rings. The molecule has 0 bridgehead atoms. The lowest BCUT2D eigenvalue weighted by Crippen LogP contribution is -2.04. The Morgan fingerprint density at radius 2 is 1.84 bits per heavy atom. The first-order valence-corrected chi connectivity index (χ1v) is 7.20. The van der Waals surface area contributed by atoms with Crippen molar-refractivity contribution in [2.45, 2.75) is 6.18 Å². The molecule has 128 valence electrons. The Bertz CT molecular complexity index is 928. The molecule has 2 aromatic carbocycles. The summed E-state index contributed by atoms with van der Waals surface area (Å²) >= 11 is 0. The van der Waals surface area contributed by atoms with Gasteiger partial charge in [-0.05, 0) is 35.9 Å². The van der Waals surface area contributed by atoms with Gasteiger partial charge in [-0.3, -0.25) is 4.99 Å². The van der Waals surface area contributed by atoms with E-state index in [4.69, 9.17) is 0 Å². The molecule has 1 aromatic heterocycles. The zero-order valence-corrected chi connectivity index (χ0v) is 13.0. The van der Waals surface area contributed by atoms with Gasteiger partial charge in [0.25, 0.3) is 0 Å². The Labute approximate surface area is 140 Å². The Balaban J connectivity index is 2.11. The van der Waals surface area contributed by atoms with Gasteiger partial charge in [-0.1, -0.05) is 12.1 Å². The smallest absolute Gasteiger partial charge is 0.294 e. The summed E-state index contributed by atoms with van der Waals surface area (Å²) < 4.78 is 52.9. The average molecular weight is 348 g/mol. The van der Waals surface area contributed by atoms with E-state index in [1.807, 2.05) is 0 Å². The highest BCUT2D eigenvalue weighted by Crippen LogP contribution is 2.34. The zero-order valence-electron chi connectivity index (χ0n) is 13.0. The summed E-state index contributed by atoms with van der Waals surface area (Å²) in [6.45, 7) is 0. The lowest BCUT2D eigenvalue weighted by Gasteiger charge is -2.10. The number of aliphatic imine (C=N–C) groups is 1. The molecule has 0 saturated heterocycles. The molecule has 4 nitrogen and oxygen atoms in total. The summed E-state index contributed by atoms with van der Waals surface area (Å²) in [4.78, 5) is 3.85. The molecule has 8 heteroatoms. The fourth-order valence-corrected chi connectivity index (χ4v) is 2.42. The first-order chi connectivity index (χ1) is 11.9. The predicted molar refractivity (Wildman–Crippen MR) is 85.7 cm³/mol. The van der Waals surface area contributed by atoms with Crippen LogP contribution in [0, 0.1) is 5.82 Å². The molecule has 0 spiro atoms. The van der Waals surface area contributed by atoms with Crippen LogP contribution >= 0.6 is 0 Å². The minimum Gasteiger partial charge on any atom is -0.294 e. The molecular weight excluding hydrogens is 336 g/mol. The fourth-order valence-electron chi connectivity index (χ4n) is 2.42. The van der Waals surface area contributed by atoms with Gasteiger partial charge in [0.15, 0.2) is 0 Å². The van der Waals surface area contributed by atoms with E-state index in [1.54, 1.807) is 7.05 Å². The number of halogens is 4. The molecule has 3 aromatic rings. The van der Waals surface area contributed by atoms with Gasteiger partial charge >= 0.3 is 6.18 Å². The van der Waals surface area contributed by atoms with Crippen molar-refractivity contribution in [2.75, 3.05) is 7.05 Å². The minimum atomic E-state index is -4.50. The molecule has 0 amide bonds. The highest BCUT2D eigenvalue weighted by atomic mass is 19.4. The number of aromatic nitrogens is 3. The monoisotopic (exact) mass is 348 g/mol. The Kier molecular flexibility index (Phi) is 4.35. The lowest BCUT2D eigenvalue weighted by atomic mass is 9.99. The number of benzene rings is 2. The maximum atomic E-state index is 14.2. The maximum Gasteiger partial charge on any atom is 0.416 e. The predicted octanol–water partition coefficient (Wildman–Crippen LogP) is 4.35. The third kappa shape index (κ3) is 3.42. The van der Waals surface area contributed by atoms with Gasteiger partial charge in [0.1, 0.15) is 17.2 Å². The van der Waals surface area contributed by atoms with E-state index >= 15 is 0 Å². The van der Waals surface area contributed by atoms with E-state index in [0.29, 0.717) is 17.0 Å². The standard InChI is InChI=1S/C17H12F4N4/c1-22-9-15-16(24-25-23-15)11-5-6-14(18)13(8-11)10-3-2-4-12(7-10)17(19,20)21/h2-9H,1H3,(H,23,24,25). The van der Waals surface area contributed by atoms with Crippen LogP contribution in [-0.2, 0) is 6.18 Å². The summed E-state index contributed by atoms with van der Waals surface area (Å²) in [5.41, 5.74) is 0.727. The van der Waals surface area contributed by atoms with Gasteiger partial charge in [0, 0.05) is 18.2 Å². The Morgan fingerprint density at radius 3 is 2.56 bits per heavy atom. The molecule has 0 atom stereocenters. The van der Waals surface area contributed by atoms with Crippen LogP contribution < -0.4 is 0 Å². The molecule has 0 aliphatic carbocycles. The van der Waals surface area contributed by atoms with E-state index in [9.17, 15) is 17.6 Å². The molecule has 0 saturated carbocycles. The van der Waals surface area contributed by atoms with E-state index in [2.05, 4.69) is 20.4 Å². The minimum absolute atomic E-state index is 0.0472. The van der Waals surface area contributed by atoms with E-state index < -0.39 is 17.6 Å². The van der Waals surface area contributed by atoms with Crippen molar-refractivity contribution in [1.29, 1.82) is 0 Å². The molecule has 1 N–H and O–H groups in total. The zero-order chi connectivity index (χ0) is 18.0.